The van der Waals surface area contributed by atoms with Gasteiger partial charge in [0.05, 0.1) is 5.41 Å². The van der Waals surface area contributed by atoms with E-state index in [1.54, 1.807) is 6.07 Å². The van der Waals surface area contributed by atoms with Gasteiger partial charge in [0.25, 0.3) is 0 Å². The van der Waals surface area contributed by atoms with E-state index in [1.165, 1.54) is 18.2 Å². The lowest BCUT2D eigenvalue weighted by molar-refractivity contribution is -0.274. The van der Waals surface area contributed by atoms with Gasteiger partial charge >= 0.3 is 6.36 Å². The number of halogens is 3. The molecule has 0 saturated carbocycles. The minimum atomic E-state index is -4.74. The van der Waals surface area contributed by atoms with Crippen molar-refractivity contribution in [1.29, 1.82) is 0 Å². The summed E-state index contributed by atoms with van der Waals surface area (Å²) in [6.45, 7) is 7.51. The summed E-state index contributed by atoms with van der Waals surface area (Å²) in [7, 11) is 0. The molecule has 2 aliphatic heterocycles. The molecule has 1 aromatic rings. The molecule has 27 heavy (non-hydrogen) atoms. The third-order valence-corrected chi connectivity index (χ3v) is 5.04. The second-order valence-corrected chi connectivity index (χ2v) is 6.72. The summed E-state index contributed by atoms with van der Waals surface area (Å²) in [5.41, 5.74) is 1.69. The average Bonchev–Trinajstić information content (AvgIpc) is 2.75. The number of hydrogen-bond donors (Lipinski definition) is 2. The van der Waals surface area contributed by atoms with E-state index in [4.69, 9.17) is 0 Å². The van der Waals surface area contributed by atoms with Crippen LogP contribution in [-0.4, -0.2) is 25.4 Å². The number of hydrogen-bond acceptors (Lipinski definition) is 3. The van der Waals surface area contributed by atoms with Gasteiger partial charge in [0.1, 0.15) is 5.75 Å². The van der Waals surface area contributed by atoms with Gasteiger partial charge in [-0.15, -0.1) is 13.2 Å². The minimum Gasteiger partial charge on any atom is -0.406 e. The maximum atomic E-state index is 12.8. The second-order valence-electron chi connectivity index (χ2n) is 6.72. The van der Waals surface area contributed by atoms with Gasteiger partial charge < -0.3 is 15.4 Å². The summed E-state index contributed by atoms with van der Waals surface area (Å²) in [5.74, 6) is -0.330. The molecule has 0 bridgehead atoms. The van der Waals surface area contributed by atoms with Crippen LogP contribution in [0.1, 0.15) is 52.0 Å². The third-order valence-electron chi connectivity index (χ3n) is 5.04. The van der Waals surface area contributed by atoms with Gasteiger partial charge in [0.15, 0.2) is 0 Å². The lowest BCUT2D eigenvalue weighted by atomic mass is 9.74. The zero-order valence-corrected chi connectivity index (χ0v) is 16.0. The molecule has 2 heterocycles. The van der Waals surface area contributed by atoms with Crippen molar-refractivity contribution in [3.8, 4) is 5.75 Å². The Balaban J connectivity index is 0.00000126. The fourth-order valence-electron chi connectivity index (χ4n) is 3.57. The van der Waals surface area contributed by atoms with E-state index in [2.05, 4.69) is 15.4 Å². The van der Waals surface area contributed by atoms with Crippen LogP contribution in [0.3, 0.4) is 0 Å². The molecule has 0 unspecified atom stereocenters. The van der Waals surface area contributed by atoms with Crippen molar-refractivity contribution in [1.82, 2.24) is 10.6 Å². The molecule has 0 atom stereocenters. The molecule has 1 amide bonds. The standard InChI is InChI=1S/C18H21F3N2O2.C2H6/c1-12-5-6-17(7-9-22-10-8-17)16(24)23-15(12)13-3-2-4-14(11-13)25-18(19,20)21;1-2/h2-4,11,22H,5-10H2,1H3,(H,23,24);1-2H3. The highest BCUT2D eigenvalue weighted by Crippen LogP contribution is 2.39. The highest BCUT2D eigenvalue weighted by molar-refractivity contribution is 5.92. The minimum absolute atomic E-state index is 0.0389. The summed E-state index contributed by atoms with van der Waals surface area (Å²) in [6, 6.07) is 5.74. The fourth-order valence-corrected chi connectivity index (χ4v) is 3.57. The van der Waals surface area contributed by atoms with Gasteiger partial charge in [0.2, 0.25) is 5.91 Å². The molecule has 3 rings (SSSR count). The number of nitrogens with one attached hydrogen (secondary N) is 2. The quantitative estimate of drug-likeness (QED) is 0.782. The molecule has 4 nitrogen and oxygen atoms in total. The Morgan fingerprint density at radius 1 is 1.11 bits per heavy atom. The summed E-state index contributed by atoms with van der Waals surface area (Å²) in [4.78, 5) is 12.8. The first-order valence-corrected chi connectivity index (χ1v) is 9.37. The van der Waals surface area contributed by atoms with E-state index >= 15 is 0 Å². The SMILES string of the molecule is CC.CC1=C(c2cccc(OC(F)(F)F)c2)NC(=O)C2(CCNCC2)CC1. The third kappa shape index (κ3) is 5.25. The smallest absolute Gasteiger partial charge is 0.406 e. The molecule has 0 radical (unpaired) electrons. The highest BCUT2D eigenvalue weighted by Gasteiger charge is 2.41. The number of alkyl halides is 3. The van der Waals surface area contributed by atoms with Crippen LogP contribution in [0, 0.1) is 5.41 Å². The van der Waals surface area contributed by atoms with Crippen LogP contribution < -0.4 is 15.4 Å². The molecule has 1 aromatic carbocycles. The van der Waals surface area contributed by atoms with Gasteiger partial charge in [-0.05, 0) is 63.4 Å². The van der Waals surface area contributed by atoms with E-state index in [1.807, 2.05) is 20.8 Å². The Bertz CT molecular complexity index is 693. The van der Waals surface area contributed by atoms with Crippen LogP contribution in [-0.2, 0) is 4.79 Å². The van der Waals surface area contributed by atoms with Crippen LogP contribution >= 0.6 is 0 Å². The zero-order valence-electron chi connectivity index (χ0n) is 16.0. The molecular weight excluding hydrogens is 357 g/mol. The second kappa shape index (κ2) is 8.78. The molecule has 7 heteroatoms. The molecule has 150 valence electrons. The maximum absolute atomic E-state index is 12.8. The number of ether oxygens (including phenoxy) is 1. The van der Waals surface area contributed by atoms with Crippen LogP contribution in [0.5, 0.6) is 5.75 Å². The molecule has 1 spiro atoms. The van der Waals surface area contributed by atoms with Crippen molar-refractivity contribution in [3.05, 3.63) is 35.4 Å². The predicted octanol–water partition coefficient (Wildman–Crippen LogP) is 4.62. The fraction of sp³-hybridized carbons (Fsp3) is 0.550. The number of carbonyl (C=O) groups is 1. The van der Waals surface area contributed by atoms with Crippen molar-refractivity contribution in [2.45, 2.75) is 52.8 Å². The van der Waals surface area contributed by atoms with Crippen molar-refractivity contribution in [2.24, 2.45) is 5.41 Å². The number of amides is 1. The number of rotatable bonds is 2. The largest absolute Gasteiger partial charge is 0.573 e. The van der Waals surface area contributed by atoms with Crippen molar-refractivity contribution in [2.75, 3.05) is 13.1 Å². The van der Waals surface area contributed by atoms with Crippen molar-refractivity contribution >= 4 is 11.6 Å². The van der Waals surface area contributed by atoms with Gasteiger partial charge in [-0.2, -0.15) is 0 Å². The molecule has 2 aliphatic rings. The van der Waals surface area contributed by atoms with Crippen LogP contribution in [0.2, 0.25) is 0 Å². The molecule has 0 aliphatic carbocycles. The Morgan fingerprint density at radius 2 is 1.78 bits per heavy atom. The van der Waals surface area contributed by atoms with E-state index in [0.717, 1.165) is 44.3 Å². The number of benzene rings is 1. The number of allylic oxidation sites excluding steroid dienone is 1. The monoisotopic (exact) mass is 384 g/mol. The first-order chi connectivity index (χ1) is 12.8. The normalized spacial score (nSPS) is 19.7. The molecule has 0 aromatic heterocycles. The van der Waals surface area contributed by atoms with Crippen molar-refractivity contribution < 1.29 is 22.7 Å². The Kier molecular flexibility index (Phi) is 6.92. The molecule has 2 N–H and O–H groups in total. The Labute approximate surface area is 158 Å². The lowest BCUT2D eigenvalue weighted by Crippen LogP contribution is -2.46. The molecule has 1 fully saturated rings. The van der Waals surface area contributed by atoms with E-state index in [0.29, 0.717) is 11.3 Å². The van der Waals surface area contributed by atoms with Crippen LogP contribution in [0.25, 0.3) is 5.70 Å². The number of carbonyl (C=O) groups excluding carboxylic acids is 1. The van der Waals surface area contributed by atoms with Crippen LogP contribution in [0.4, 0.5) is 13.2 Å². The van der Waals surface area contributed by atoms with Crippen LogP contribution in [0.15, 0.2) is 29.8 Å². The molecule has 1 saturated heterocycles. The van der Waals surface area contributed by atoms with Crippen molar-refractivity contribution in [3.63, 3.8) is 0 Å². The van der Waals surface area contributed by atoms with Gasteiger partial charge in [0, 0.05) is 11.3 Å². The number of piperidine rings is 1. The first-order valence-electron chi connectivity index (χ1n) is 9.37. The predicted molar refractivity (Wildman–Crippen MR) is 99.0 cm³/mol. The molecular formula is C20H27F3N2O2. The van der Waals surface area contributed by atoms with Gasteiger partial charge in [-0.3, -0.25) is 4.79 Å². The summed E-state index contributed by atoms with van der Waals surface area (Å²) in [5, 5.41) is 6.24. The topological polar surface area (TPSA) is 50.4 Å². The Hall–Kier alpha value is -2.02. The summed E-state index contributed by atoms with van der Waals surface area (Å²) in [6.07, 6.45) is -1.70. The summed E-state index contributed by atoms with van der Waals surface area (Å²) < 4.78 is 41.3. The van der Waals surface area contributed by atoms with E-state index < -0.39 is 11.8 Å². The highest BCUT2D eigenvalue weighted by atomic mass is 19.4. The maximum Gasteiger partial charge on any atom is 0.573 e. The zero-order chi connectivity index (χ0) is 20.1. The Morgan fingerprint density at radius 3 is 2.41 bits per heavy atom. The van der Waals surface area contributed by atoms with Gasteiger partial charge in [-0.1, -0.05) is 26.0 Å². The van der Waals surface area contributed by atoms with E-state index in [-0.39, 0.29) is 11.7 Å². The average molecular weight is 384 g/mol. The van der Waals surface area contributed by atoms with Gasteiger partial charge in [-0.25, -0.2) is 0 Å². The summed E-state index contributed by atoms with van der Waals surface area (Å²) >= 11 is 0. The lowest BCUT2D eigenvalue weighted by Gasteiger charge is -2.35. The first kappa shape index (κ1) is 21.3. The van der Waals surface area contributed by atoms with E-state index in [9.17, 15) is 18.0 Å².